The van der Waals surface area contributed by atoms with Crippen LogP contribution in [-0.4, -0.2) is 19.6 Å². The van der Waals surface area contributed by atoms with E-state index in [0.717, 1.165) is 18.5 Å². The molecule has 1 aliphatic carbocycles. The molecule has 0 unspecified atom stereocenters. The Kier molecular flexibility index (Phi) is 4.65. The SMILES string of the molecule is CNC1CCC(CNc2cc(C)ccc2C)CC1. The van der Waals surface area contributed by atoms with E-state index in [1.807, 2.05) is 0 Å². The highest BCUT2D eigenvalue weighted by Gasteiger charge is 2.19. The third-order valence-electron chi connectivity index (χ3n) is 4.23. The summed E-state index contributed by atoms with van der Waals surface area (Å²) in [5.41, 5.74) is 4.00. The Hall–Kier alpha value is -1.02. The lowest BCUT2D eigenvalue weighted by molar-refractivity contribution is 0.312. The first-order chi connectivity index (χ1) is 8.69. The van der Waals surface area contributed by atoms with Gasteiger partial charge in [-0.15, -0.1) is 0 Å². The van der Waals surface area contributed by atoms with Crippen molar-refractivity contribution < 1.29 is 0 Å². The third kappa shape index (κ3) is 3.49. The van der Waals surface area contributed by atoms with Crippen molar-refractivity contribution in [1.82, 2.24) is 5.32 Å². The molecule has 0 radical (unpaired) electrons. The first-order valence-corrected chi connectivity index (χ1v) is 7.17. The number of nitrogens with one attached hydrogen (secondary N) is 2. The fourth-order valence-electron chi connectivity index (χ4n) is 2.84. The zero-order valence-corrected chi connectivity index (χ0v) is 11.9. The number of rotatable bonds is 4. The molecule has 2 N–H and O–H groups in total. The van der Waals surface area contributed by atoms with Gasteiger partial charge < -0.3 is 10.6 Å². The van der Waals surface area contributed by atoms with E-state index < -0.39 is 0 Å². The minimum atomic E-state index is 0.752. The molecule has 1 saturated carbocycles. The first kappa shape index (κ1) is 13.4. The largest absolute Gasteiger partial charge is 0.385 e. The Labute approximate surface area is 111 Å². The maximum atomic E-state index is 3.64. The lowest BCUT2D eigenvalue weighted by atomic mass is 9.86. The molecule has 0 spiro atoms. The molecule has 2 heteroatoms. The minimum absolute atomic E-state index is 0.752. The summed E-state index contributed by atoms with van der Waals surface area (Å²) in [6.45, 7) is 5.46. The quantitative estimate of drug-likeness (QED) is 0.849. The van der Waals surface area contributed by atoms with Crippen molar-refractivity contribution in [3.63, 3.8) is 0 Å². The lowest BCUT2D eigenvalue weighted by Crippen LogP contribution is -2.32. The van der Waals surface area contributed by atoms with Crippen LogP contribution in [0.1, 0.15) is 36.8 Å². The Morgan fingerprint density at radius 2 is 1.83 bits per heavy atom. The smallest absolute Gasteiger partial charge is 0.0372 e. The highest BCUT2D eigenvalue weighted by Crippen LogP contribution is 2.25. The van der Waals surface area contributed by atoms with E-state index in [1.165, 1.54) is 42.5 Å². The predicted molar refractivity (Wildman–Crippen MR) is 79.2 cm³/mol. The Morgan fingerprint density at radius 3 is 2.50 bits per heavy atom. The van der Waals surface area contributed by atoms with Crippen LogP contribution in [-0.2, 0) is 0 Å². The lowest BCUT2D eigenvalue weighted by Gasteiger charge is -2.28. The van der Waals surface area contributed by atoms with Crippen LogP contribution < -0.4 is 10.6 Å². The number of benzene rings is 1. The third-order valence-corrected chi connectivity index (χ3v) is 4.23. The van der Waals surface area contributed by atoms with Gasteiger partial charge in [-0.25, -0.2) is 0 Å². The standard InChI is InChI=1S/C16H26N2/c1-12-4-5-13(2)16(10-12)18-11-14-6-8-15(17-3)9-7-14/h4-5,10,14-15,17-18H,6-9,11H2,1-3H3. The number of hydrogen-bond donors (Lipinski definition) is 2. The summed E-state index contributed by atoms with van der Waals surface area (Å²) in [4.78, 5) is 0. The highest BCUT2D eigenvalue weighted by molar-refractivity contribution is 5.52. The van der Waals surface area contributed by atoms with Gasteiger partial charge in [0.2, 0.25) is 0 Å². The summed E-state index contributed by atoms with van der Waals surface area (Å²) in [5.74, 6) is 0.842. The highest BCUT2D eigenvalue weighted by atomic mass is 14.9. The molecule has 0 amide bonds. The van der Waals surface area contributed by atoms with Crippen LogP contribution in [0.5, 0.6) is 0 Å². The number of aryl methyl sites for hydroxylation is 2. The second kappa shape index (κ2) is 6.24. The van der Waals surface area contributed by atoms with Crippen molar-refractivity contribution in [2.24, 2.45) is 5.92 Å². The molecule has 1 aromatic carbocycles. The fourth-order valence-corrected chi connectivity index (χ4v) is 2.84. The number of anilines is 1. The van der Waals surface area contributed by atoms with Crippen molar-refractivity contribution in [1.29, 1.82) is 0 Å². The predicted octanol–water partition coefficient (Wildman–Crippen LogP) is 3.49. The van der Waals surface area contributed by atoms with Crippen LogP contribution in [0.2, 0.25) is 0 Å². The van der Waals surface area contributed by atoms with Gasteiger partial charge in [0.1, 0.15) is 0 Å². The molecule has 0 heterocycles. The van der Waals surface area contributed by atoms with Gasteiger partial charge in [0.25, 0.3) is 0 Å². The van der Waals surface area contributed by atoms with E-state index in [2.05, 4.69) is 49.7 Å². The Morgan fingerprint density at radius 1 is 1.11 bits per heavy atom. The van der Waals surface area contributed by atoms with Crippen LogP contribution in [0.3, 0.4) is 0 Å². The van der Waals surface area contributed by atoms with Gasteiger partial charge in [0, 0.05) is 18.3 Å². The summed E-state index contributed by atoms with van der Waals surface area (Å²) in [5, 5.41) is 7.03. The van der Waals surface area contributed by atoms with Crippen LogP contribution in [0.4, 0.5) is 5.69 Å². The molecule has 1 aromatic rings. The van der Waals surface area contributed by atoms with E-state index in [4.69, 9.17) is 0 Å². The van der Waals surface area contributed by atoms with E-state index in [-0.39, 0.29) is 0 Å². The molecule has 0 aliphatic heterocycles. The molecule has 2 nitrogen and oxygen atoms in total. The van der Waals surface area contributed by atoms with Crippen molar-refractivity contribution in [3.8, 4) is 0 Å². The van der Waals surface area contributed by atoms with E-state index in [9.17, 15) is 0 Å². The molecular weight excluding hydrogens is 220 g/mol. The van der Waals surface area contributed by atoms with Crippen LogP contribution >= 0.6 is 0 Å². The maximum absolute atomic E-state index is 3.64. The summed E-state index contributed by atoms with van der Waals surface area (Å²) in [6.07, 6.45) is 5.36. The molecule has 2 rings (SSSR count). The monoisotopic (exact) mass is 246 g/mol. The summed E-state index contributed by atoms with van der Waals surface area (Å²) in [6, 6.07) is 7.39. The second-order valence-electron chi connectivity index (χ2n) is 5.71. The molecule has 0 saturated heterocycles. The molecule has 1 aliphatic rings. The summed E-state index contributed by atoms with van der Waals surface area (Å²) in [7, 11) is 2.08. The maximum Gasteiger partial charge on any atom is 0.0372 e. The van der Waals surface area contributed by atoms with Gasteiger partial charge in [-0.1, -0.05) is 12.1 Å². The zero-order chi connectivity index (χ0) is 13.0. The normalized spacial score (nSPS) is 23.9. The average molecular weight is 246 g/mol. The van der Waals surface area contributed by atoms with Gasteiger partial charge in [-0.2, -0.15) is 0 Å². The van der Waals surface area contributed by atoms with E-state index >= 15 is 0 Å². The van der Waals surface area contributed by atoms with Crippen molar-refractivity contribution in [3.05, 3.63) is 29.3 Å². The van der Waals surface area contributed by atoms with Crippen molar-refractivity contribution in [2.45, 2.75) is 45.6 Å². The van der Waals surface area contributed by atoms with Gasteiger partial charge in [-0.05, 0) is 69.7 Å². The van der Waals surface area contributed by atoms with Crippen LogP contribution in [0.25, 0.3) is 0 Å². The molecule has 100 valence electrons. The number of hydrogen-bond acceptors (Lipinski definition) is 2. The van der Waals surface area contributed by atoms with E-state index in [1.54, 1.807) is 0 Å². The van der Waals surface area contributed by atoms with E-state index in [0.29, 0.717) is 0 Å². The van der Waals surface area contributed by atoms with Crippen LogP contribution in [0.15, 0.2) is 18.2 Å². The fraction of sp³-hybridized carbons (Fsp3) is 0.625. The molecular formula is C16H26N2. The molecule has 0 aromatic heterocycles. The molecule has 18 heavy (non-hydrogen) atoms. The van der Waals surface area contributed by atoms with Gasteiger partial charge in [0.05, 0.1) is 0 Å². The second-order valence-corrected chi connectivity index (χ2v) is 5.71. The summed E-state index contributed by atoms with van der Waals surface area (Å²) >= 11 is 0. The zero-order valence-electron chi connectivity index (χ0n) is 11.9. The molecule has 1 fully saturated rings. The Bertz CT molecular complexity index is 379. The minimum Gasteiger partial charge on any atom is -0.385 e. The van der Waals surface area contributed by atoms with Gasteiger partial charge in [-0.3, -0.25) is 0 Å². The van der Waals surface area contributed by atoms with Crippen LogP contribution in [0, 0.1) is 19.8 Å². The topological polar surface area (TPSA) is 24.1 Å². The Balaban J connectivity index is 1.83. The average Bonchev–Trinajstić information content (AvgIpc) is 2.40. The van der Waals surface area contributed by atoms with Crippen molar-refractivity contribution >= 4 is 5.69 Å². The van der Waals surface area contributed by atoms with Gasteiger partial charge in [0.15, 0.2) is 0 Å². The summed E-state index contributed by atoms with van der Waals surface area (Å²) < 4.78 is 0. The first-order valence-electron chi connectivity index (χ1n) is 7.17. The van der Waals surface area contributed by atoms with Crippen molar-refractivity contribution in [2.75, 3.05) is 18.9 Å². The molecule has 0 bridgehead atoms. The molecule has 0 atom stereocenters. The van der Waals surface area contributed by atoms with Gasteiger partial charge >= 0.3 is 0 Å².